The molecule has 6 heteroatoms. The van der Waals surface area contributed by atoms with Gasteiger partial charge >= 0.3 is 0 Å². The predicted octanol–water partition coefficient (Wildman–Crippen LogP) is 2.17. The first-order valence-electron chi connectivity index (χ1n) is 7.91. The molecule has 0 spiro atoms. The summed E-state index contributed by atoms with van der Waals surface area (Å²) in [5, 5.41) is 2.74. The zero-order valence-corrected chi connectivity index (χ0v) is 14.7. The van der Waals surface area contributed by atoms with Crippen molar-refractivity contribution in [1.82, 2.24) is 4.90 Å². The number of carbonyl (C=O) groups excluding carboxylic acids is 2. The summed E-state index contributed by atoms with van der Waals surface area (Å²) in [5.74, 6) is -0.00601. The maximum Gasteiger partial charge on any atom is 0.250 e. The summed E-state index contributed by atoms with van der Waals surface area (Å²) < 4.78 is 5.37. The first kappa shape index (κ1) is 18.5. The van der Waals surface area contributed by atoms with E-state index >= 15 is 0 Å². The van der Waals surface area contributed by atoms with Crippen LogP contribution in [0, 0.1) is 6.92 Å². The quantitative estimate of drug-likeness (QED) is 0.808. The number of methoxy groups -OCH3 is 1. The Hall–Kier alpha value is -2.86. The van der Waals surface area contributed by atoms with Crippen molar-refractivity contribution in [2.75, 3.05) is 26.0 Å². The first-order valence-corrected chi connectivity index (χ1v) is 7.91. The third-order valence-electron chi connectivity index (χ3n) is 3.76. The number of para-hydroxylation sites is 1. The minimum Gasteiger partial charge on any atom is -0.496 e. The van der Waals surface area contributed by atoms with Crippen LogP contribution in [0.15, 0.2) is 42.5 Å². The highest BCUT2D eigenvalue weighted by Gasteiger charge is 2.13. The Morgan fingerprint density at radius 2 is 1.92 bits per heavy atom. The van der Waals surface area contributed by atoms with Gasteiger partial charge in [-0.3, -0.25) is 14.5 Å². The molecule has 2 amide bonds. The predicted molar refractivity (Wildman–Crippen MR) is 97.7 cm³/mol. The summed E-state index contributed by atoms with van der Waals surface area (Å²) >= 11 is 0. The lowest BCUT2D eigenvalue weighted by molar-refractivity contribution is -0.117. The van der Waals surface area contributed by atoms with Crippen molar-refractivity contribution in [3.05, 3.63) is 59.2 Å². The van der Waals surface area contributed by atoms with Crippen molar-refractivity contribution in [2.24, 2.45) is 5.73 Å². The molecule has 0 atom stereocenters. The number of anilines is 1. The zero-order chi connectivity index (χ0) is 18.4. The molecule has 0 bridgehead atoms. The molecular weight excluding hydrogens is 318 g/mol. The van der Waals surface area contributed by atoms with E-state index in [-0.39, 0.29) is 12.5 Å². The van der Waals surface area contributed by atoms with Gasteiger partial charge in [-0.25, -0.2) is 0 Å². The Labute approximate surface area is 147 Å². The minimum absolute atomic E-state index is 0.171. The number of amides is 2. The second kappa shape index (κ2) is 8.30. The highest BCUT2D eigenvalue weighted by Crippen LogP contribution is 2.21. The van der Waals surface area contributed by atoms with Crippen molar-refractivity contribution < 1.29 is 14.3 Å². The Kier molecular flexibility index (Phi) is 6.14. The number of rotatable bonds is 7. The number of primary amides is 1. The number of hydrogen-bond donors (Lipinski definition) is 2. The smallest absolute Gasteiger partial charge is 0.250 e. The summed E-state index contributed by atoms with van der Waals surface area (Å²) in [4.78, 5) is 25.6. The van der Waals surface area contributed by atoms with Gasteiger partial charge in [-0.2, -0.15) is 0 Å². The fourth-order valence-corrected chi connectivity index (χ4v) is 2.62. The molecule has 0 unspecified atom stereocenters. The van der Waals surface area contributed by atoms with Gasteiger partial charge in [0.25, 0.3) is 5.91 Å². The van der Waals surface area contributed by atoms with E-state index in [1.807, 2.05) is 37.1 Å². The molecule has 0 saturated carbocycles. The standard InChI is InChI=1S/C19H23N3O3/c1-13-8-9-17(25-3)14(10-13)11-22(2)12-18(23)21-16-7-5-4-6-15(16)19(20)24/h4-10H,11-12H2,1-3H3,(H2,20,24)(H,21,23). The topological polar surface area (TPSA) is 84.7 Å². The summed E-state index contributed by atoms with van der Waals surface area (Å²) in [6.07, 6.45) is 0. The summed E-state index contributed by atoms with van der Waals surface area (Å²) in [7, 11) is 3.48. The van der Waals surface area contributed by atoms with Gasteiger partial charge in [0.2, 0.25) is 5.91 Å². The van der Waals surface area contributed by atoms with Crippen molar-refractivity contribution in [2.45, 2.75) is 13.5 Å². The normalized spacial score (nSPS) is 10.6. The van der Waals surface area contributed by atoms with Crippen LogP contribution < -0.4 is 15.8 Å². The minimum atomic E-state index is -0.575. The number of aryl methyl sites for hydroxylation is 1. The van der Waals surface area contributed by atoms with Gasteiger partial charge in [0.1, 0.15) is 5.75 Å². The molecule has 2 rings (SSSR count). The molecule has 0 aliphatic heterocycles. The highest BCUT2D eigenvalue weighted by molar-refractivity contribution is 6.03. The van der Waals surface area contributed by atoms with E-state index < -0.39 is 5.91 Å². The van der Waals surface area contributed by atoms with E-state index in [2.05, 4.69) is 5.32 Å². The second-order valence-corrected chi connectivity index (χ2v) is 5.95. The van der Waals surface area contributed by atoms with Crippen molar-refractivity contribution in [3.8, 4) is 5.75 Å². The van der Waals surface area contributed by atoms with Gasteiger partial charge < -0.3 is 15.8 Å². The average Bonchev–Trinajstić information content (AvgIpc) is 2.55. The number of likely N-dealkylation sites (N-methyl/N-ethyl adjacent to an activating group) is 1. The molecule has 132 valence electrons. The largest absolute Gasteiger partial charge is 0.496 e. The molecule has 0 aliphatic rings. The molecule has 0 fully saturated rings. The molecular formula is C19H23N3O3. The van der Waals surface area contributed by atoms with E-state index in [1.165, 1.54) is 0 Å². The molecule has 0 aromatic heterocycles. The maximum atomic E-state index is 12.3. The number of benzene rings is 2. The Morgan fingerprint density at radius 3 is 2.60 bits per heavy atom. The maximum absolute atomic E-state index is 12.3. The third-order valence-corrected chi connectivity index (χ3v) is 3.76. The lowest BCUT2D eigenvalue weighted by Crippen LogP contribution is -2.30. The fraction of sp³-hybridized carbons (Fsp3) is 0.263. The van der Waals surface area contributed by atoms with Gasteiger partial charge in [-0.1, -0.05) is 29.8 Å². The van der Waals surface area contributed by atoms with Crippen LogP contribution in [0.5, 0.6) is 5.75 Å². The van der Waals surface area contributed by atoms with Gasteiger partial charge in [0, 0.05) is 12.1 Å². The number of hydrogen-bond acceptors (Lipinski definition) is 4. The lowest BCUT2D eigenvalue weighted by atomic mass is 10.1. The van der Waals surface area contributed by atoms with Gasteiger partial charge in [-0.05, 0) is 32.2 Å². The van der Waals surface area contributed by atoms with E-state index in [9.17, 15) is 9.59 Å². The van der Waals surface area contributed by atoms with Crippen molar-refractivity contribution in [1.29, 1.82) is 0 Å². The molecule has 0 radical (unpaired) electrons. The van der Waals surface area contributed by atoms with Crippen LogP contribution >= 0.6 is 0 Å². The molecule has 0 saturated heterocycles. The van der Waals surface area contributed by atoms with Crippen LogP contribution in [0.4, 0.5) is 5.69 Å². The number of nitrogens with one attached hydrogen (secondary N) is 1. The van der Waals surface area contributed by atoms with Crippen LogP contribution in [0.1, 0.15) is 21.5 Å². The number of nitrogens with two attached hydrogens (primary N) is 1. The van der Waals surface area contributed by atoms with E-state index in [1.54, 1.807) is 31.4 Å². The molecule has 25 heavy (non-hydrogen) atoms. The molecule has 2 aromatic rings. The first-order chi connectivity index (χ1) is 11.9. The molecule has 6 nitrogen and oxygen atoms in total. The van der Waals surface area contributed by atoms with Crippen LogP contribution in [-0.2, 0) is 11.3 Å². The third kappa shape index (κ3) is 5.06. The Balaban J connectivity index is 2.02. The van der Waals surface area contributed by atoms with Crippen molar-refractivity contribution >= 4 is 17.5 Å². The van der Waals surface area contributed by atoms with E-state index in [0.29, 0.717) is 17.8 Å². The van der Waals surface area contributed by atoms with Crippen LogP contribution in [0.25, 0.3) is 0 Å². The second-order valence-electron chi connectivity index (χ2n) is 5.95. The number of carbonyl (C=O) groups is 2. The van der Waals surface area contributed by atoms with Crippen LogP contribution in [0.2, 0.25) is 0 Å². The molecule has 2 aromatic carbocycles. The van der Waals surface area contributed by atoms with Gasteiger partial charge in [0.15, 0.2) is 0 Å². The van der Waals surface area contributed by atoms with Crippen LogP contribution in [-0.4, -0.2) is 37.4 Å². The summed E-state index contributed by atoms with van der Waals surface area (Å²) in [5.41, 5.74) is 8.17. The lowest BCUT2D eigenvalue weighted by Gasteiger charge is -2.19. The number of nitrogens with zero attached hydrogens (tertiary/aromatic N) is 1. The number of ether oxygens (including phenoxy) is 1. The van der Waals surface area contributed by atoms with Crippen molar-refractivity contribution in [3.63, 3.8) is 0 Å². The zero-order valence-electron chi connectivity index (χ0n) is 14.7. The Morgan fingerprint density at radius 1 is 1.20 bits per heavy atom. The van der Waals surface area contributed by atoms with E-state index in [0.717, 1.165) is 16.9 Å². The van der Waals surface area contributed by atoms with E-state index in [4.69, 9.17) is 10.5 Å². The molecule has 0 aliphatic carbocycles. The monoisotopic (exact) mass is 341 g/mol. The van der Waals surface area contributed by atoms with Crippen LogP contribution in [0.3, 0.4) is 0 Å². The Bertz CT molecular complexity index is 774. The fourth-order valence-electron chi connectivity index (χ4n) is 2.62. The molecule has 0 heterocycles. The van der Waals surface area contributed by atoms with Gasteiger partial charge in [0.05, 0.1) is 24.9 Å². The summed E-state index contributed by atoms with van der Waals surface area (Å²) in [6.45, 7) is 2.75. The average molecular weight is 341 g/mol. The van der Waals surface area contributed by atoms with Gasteiger partial charge in [-0.15, -0.1) is 0 Å². The molecule has 3 N–H and O–H groups in total. The summed E-state index contributed by atoms with van der Waals surface area (Å²) in [6, 6.07) is 12.6. The SMILES string of the molecule is COc1ccc(C)cc1CN(C)CC(=O)Nc1ccccc1C(N)=O. The highest BCUT2D eigenvalue weighted by atomic mass is 16.5.